The van der Waals surface area contributed by atoms with Crippen LogP contribution in [0.4, 0.5) is 21.5 Å². The Bertz CT molecular complexity index is 1190. The van der Waals surface area contributed by atoms with Crippen molar-refractivity contribution in [3.8, 4) is 0 Å². The molecule has 6 nitrogen and oxygen atoms in total. The van der Waals surface area contributed by atoms with Gasteiger partial charge in [-0.25, -0.2) is 9.24 Å². The summed E-state index contributed by atoms with van der Waals surface area (Å²) >= 11 is 5.53. The first kappa shape index (κ1) is 17.8. The summed E-state index contributed by atoms with van der Waals surface area (Å²) in [5.41, 5.74) is -0.441. The lowest BCUT2D eigenvalue weighted by Crippen LogP contribution is -2.44. The monoisotopic (exact) mass is 412 g/mol. The van der Waals surface area contributed by atoms with Gasteiger partial charge >= 0.3 is 0 Å². The normalized spacial score (nSPS) is 16.4. The molecule has 29 heavy (non-hydrogen) atoms. The van der Waals surface area contributed by atoms with Crippen molar-refractivity contribution in [3.05, 3.63) is 64.7 Å². The minimum atomic E-state index is -1.32. The highest BCUT2D eigenvalue weighted by Crippen LogP contribution is 2.37. The molecule has 0 radical (unpaired) electrons. The fraction of sp³-hybridized carbons (Fsp3) is 0.238. The van der Waals surface area contributed by atoms with Crippen LogP contribution in [0.2, 0.25) is 0 Å². The highest BCUT2D eigenvalue weighted by Gasteiger charge is 2.50. The van der Waals surface area contributed by atoms with Crippen LogP contribution in [0.3, 0.4) is 0 Å². The van der Waals surface area contributed by atoms with Gasteiger partial charge in [0.1, 0.15) is 11.4 Å². The van der Waals surface area contributed by atoms with E-state index in [1.165, 1.54) is 16.8 Å². The van der Waals surface area contributed by atoms with Gasteiger partial charge in [-0.1, -0.05) is 6.07 Å². The Hall–Kier alpha value is -3.31. The van der Waals surface area contributed by atoms with Gasteiger partial charge in [0.05, 0.1) is 14.9 Å². The van der Waals surface area contributed by atoms with Crippen LogP contribution in [0.1, 0.15) is 32.5 Å². The van der Waals surface area contributed by atoms with Crippen molar-refractivity contribution in [3.63, 3.8) is 0 Å². The average Bonchev–Trinajstić information content (AvgIpc) is 2.89. The van der Waals surface area contributed by atoms with E-state index in [0.29, 0.717) is 16.9 Å². The summed E-state index contributed by atoms with van der Waals surface area (Å²) in [6, 6.07) is 4.82. The van der Waals surface area contributed by atoms with Crippen LogP contribution in [0.25, 0.3) is 4.85 Å². The SMILES string of the molecule is [2H]c1cc(C(=O)NC)c(F)c([2H])c1N1C(=S)N(c2ccc([N+]#[C-])c(C)c2)C(=O)C1(C)C. The number of rotatable bonds is 3. The molecule has 148 valence electrons. The standard InChI is InChI=1S/C21H19FN4O2S/c1-12-10-13(7-9-17(12)23-4)25-19(28)21(2,3)26(20(25)29)14-6-8-15(16(22)11-14)18(27)24-5/h6-11H,1-3,5H3,(H,24,27)/i6D,11D. The maximum atomic E-state index is 14.8. The summed E-state index contributed by atoms with van der Waals surface area (Å²) in [5.74, 6) is -2.29. The van der Waals surface area contributed by atoms with Crippen molar-refractivity contribution < 1.29 is 16.7 Å². The number of nitrogens with one attached hydrogen (secondary N) is 1. The number of anilines is 2. The number of thiocarbonyl (C=S) groups is 1. The molecule has 1 heterocycles. The highest BCUT2D eigenvalue weighted by atomic mass is 32.1. The zero-order valence-electron chi connectivity index (χ0n) is 18.3. The molecule has 0 bridgehead atoms. The fourth-order valence-electron chi connectivity index (χ4n) is 3.13. The summed E-state index contributed by atoms with van der Waals surface area (Å²) in [6.45, 7) is 12.0. The summed E-state index contributed by atoms with van der Waals surface area (Å²) in [7, 11) is 1.32. The molecule has 0 atom stereocenters. The summed E-state index contributed by atoms with van der Waals surface area (Å²) in [5, 5.41) is 2.24. The molecule has 0 saturated carbocycles. The van der Waals surface area contributed by atoms with E-state index in [9.17, 15) is 14.0 Å². The Morgan fingerprint density at radius 2 is 2.03 bits per heavy atom. The van der Waals surface area contributed by atoms with Gasteiger partial charge < -0.3 is 10.2 Å². The summed E-state index contributed by atoms with van der Waals surface area (Å²) in [6.07, 6.45) is 0. The van der Waals surface area contributed by atoms with Gasteiger partial charge in [0.15, 0.2) is 10.8 Å². The van der Waals surface area contributed by atoms with Gasteiger partial charge in [0.25, 0.3) is 11.8 Å². The first-order chi connectivity index (χ1) is 14.5. The van der Waals surface area contributed by atoms with Crippen LogP contribution in [0.15, 0.2) is 36.4 Å². The number of benzene rings is 2. The molecule has 8 heteroatoms. The first-order valence-corrected chi connectivity index (χ1v) is 9.06. The molecule has 0 aromatic heterocycles. The van der Waals surface area contributed by atoms with Crippen LogP contribution < -0.4 is 15.1 Å². The highest BCUT2D eigenvalue weighted by molar-refractivity contribution is 7.81. The molecule has 1 fully saturated rings. The van der Waals surface area contributed by atoms with Crippen LogP contribution in [-0.2, 0) is 4.79 Å². The molecule has 3 rings (SSSR count). The fourth-order valence-corrected chi connectivity index (χ4v) is 3.64. The minimum absolute atomic E-state index is 0.0287. The zero-order chi connectivity index (χ0) is 23.2. The second kappa shape index (κ2) is 7.26. The van der Waals surface area contributed by atoms with E-state index in [-0.39, 0.29) is 16.8 Å². The number of hydrogen-bond donors (Lipinski definition) is 1. The molecular weight excluding hydrogens is 391 g/mol. The Labute approximate surface area is 176 Å². The molecule has 2 aromatic carbocycles. The van der Waals surface area contributed by atoms with Crippen molar-refractivity contribution in [2.75, 3.05) is 16.8 Å². The number of halogens is 1. The molecule has 0 spiro atoms. The summed E-state index contributed by atoms with van der Waals surface area (Å²) < 4.78 is 31.4. The Kier molecular flexibility index (Phi) is 4.45. The van der Waals surface area contributed by atoms with E-state index in [2.05, 4.69) is 10.2 Å². The van der Waals surface area contributed by atoms with Crippen molar-refractivity contribution in [2.45, 2.75) is 26.3 Å². The van der Waals surface area contributed by atoms with Gasteiger partial charge in [-0.15, -0.1) is 0 Å². The van der Waals surface area contributed by atoms with Gasteiger partial charge in [-0.3, -0.25) is 14.5 Å². The van der Waals surface area contributed by atoms with E-state index in [4.69, 9.17) is 21.5 Å². The second-order valence-corrected chi connectivity index (χ2v) is 7.33. The van der Waals surface area contributed by atoms with Crippen LogP contribution in [0.5, 0.6) is 0 Å². The van der Waals surface area contributed by atoms with E-state index in [1.54, 1.807) is 39.0 Å². The Balaban J connectivity index is 2.18. The summed E-state index contributed by atoms with van der Waals surface area (Å²) in [4.78, 5) is 31.1. The molecule has 1 aliphatic rings. The topological polar surface area (TPSA) is 57.0 Å². The van der Waals surface area contributed by atoms with Gasteiger partial charge in [0, 0.05) is 18.4 Å². The molecule has 0 unspecified atom stereocenters. The lowest BCUT2D eigenvalue weighted by molar-refractivity contribution is -0.120. The van der Waals surface area contributed by atoms with Crippen molar-refractivity contribution in [1.82, 2.24) is 5.32 Å². The molecule has 0 aliphatic carbocycles. The Morgan fingerprint density at radius 3 is 2.62 bits per heavy atom. The van der Waals surface area contributed by atoms with E-state index in [1.807, 2.05) is 0 Å². The van der Waals surface area contributed by atoms with E-state index in [0.717, 1.165) is 6.07 Å². The predicted molar refractivity (Wildman–Crippen MR) is 114 cm³/mol. The molecule has 1 aliphatic heterocycles. The molecule has 2 amide bonds. The lowest BCUT2D eigenvalue weighted by Gasteiger charge is -2.29. The zero-order valence-corrected chi connectivity index (χ0v) is 17.1. The van der Waals surface area contributed by atoms with Gasteiger partial charge in [0.2, 0.25) is 0 Å². The van der Waals surface area contributed by atoms with Gasteiger partial charge in [-0.05, 0) is 68.8 Å². The van der Waals surface area contributed by atoms with Crippen molar-refractivity contribution >= 4 is 46.2 Å². The van der Waals surface area contributed by atoms with Crippen LogP contribution in [-0.4, -0.2) is 29.5 Å². The number of carbonyl (C=O) groups is 2. The quantitative estimate of drug-likeness (QED) is 0.612. The van der Waals surface area contributed by atoms with E-state index < -0.39 is 34.8 Å². The third-order valence-corrected chi connectivity index (χ3v) is 5.11. The van der Waals surface area contributed by atoms with Crippen LogP contribution >= 0.6 is 12.2 Å². The number of aryl methyl sites for hydroxylation is 1. The maximum Gasteiger partial charge on any atom is 0.259 e. The van der Waals surface area contributed by atoms with Crippen LogP contribution in [0, 0.1) is 19.3 Å². The first-order valence-electron chi connectivity index (χ1n) is 9.66. The minimum Gasteiger partial charge on any atom is -0.355 e. The largest absolute Gasteiger partial charge is 0.355 e. The molecular formula is C21H19FN4O2S. The Morgan fingerprint density at radius 1 is 1.34 bits per heavy atom. The lowest BCUT2D eigenvalue weighted by atomic mass is 10.0. The smallest absolute Gasteiger partial charge is 0.259 e. The van der Waals surface area contributed by atoms with E-state index >= 15 is 0 Å². The number of amides is 2. The predicted octanol–water partition coefficient (Wildman–Crippen LogP) is 3.96. The molecule has 1 N–H and O–H groups in total. The van der Waals surface area contributed by atoms with Crippen molar-refractivity contribution in [1.29, 1.82) is 0 Å². The third-order valence-electron chi connectivity index (χ3n) is 4.74. The molecule has 2 aromatic rings. The number of carbonyl (C=O) groups excluding carboxylic acids is 2. The second-order valence-electron chi connectivity index (χ2n) is 6.97. The maximum absolute atomic E-state index is 14.8. The number of hydrogen-bond acceptors (Lipinski definition) is 3. The van der Waals surface area contributed by atoms with Gasteiger partial charge in [-0.2, -0.15) is 0 Å². The average molecular weight is 412 g/mol. The molecule has 1 saturated heterocycles. The van der Waals surface area contributed by atoms with Crippen molar-refractivity contribution in [2.24, 2.45) is 0 Å². The third kappa shape index (κ3) is 3.23. The number of nitrogens with zero attached hydrogens (tertiary/aromatic N) is 3.